The third-order valence-electron chi connectivity index (χ3n) is 4.41. The number of halogens is 2. The van der Waals surface area contributed by atoms with E-state index in [9.17, 15) is 0 Å². The predicted molar refractivity (Wildman–Crippen MR) is 108 cm³/mol. The summed E-state index contributed by atoms with van der Waals surface area (Å²) in [7, 11) is 1.77. The molecule has 1 atom stereocenters. The summed E-state index contributed by atoms with van der Waals surface area (Å²) in [5.41, 5.74) is 3.90. The first-order valence-electron chi connectivity index (χ1n) is 8.30. The molecule has 0 spiro atoms. The standard InChI is InChI=1S/C19H30N2O.2ClH/c1-14(2)12-18(21-10-8-20-9-11-21)17-13-16(15(3)4)6-7-19(17)22-5;;/h6-7,13,15,18,20H,1,8-12H2,2-5H3;2*1H/t18-;;/m0../s1. The summed E-state index contributed by atoms with van der Waals surface area (Å²) >= 11 is 0. The number of benzene rings is 1. The third-order valence-corrected chi connectivity index (χ3v) is 4.41. The van der Waals surface area contributed by atoms with E-state index >= 15 is 0 Å². The van der Waals surface area contributed by atoms with Gasteiger partial charge in [0.2, 0.25) is 0 Å². The zero-order valence-electron chi connectivity index (χ0n) is 15.3. The minimum Gasteiger partial charge on any atom is -0.496 e. The van der Waals surface area contributed by atoms with Gasteiger partial charge < -0.3 is 10.1 Å². The van der Waals surface area contributed by atoms with Crippen LogP contribution >= 0.6 is 24.8 Å². The van der Waals surface area contributed by atoms with Crippen molar-refractivity contribution in [1.82, 2.24) is 10.2 Å². The molecule has 0 saturated carbocycles. The number of nitrogens with one attached hydrogen (secondary N) is 1. The van der Waals surface area contributed by atoms with Crippen LogP contribution in [0.3, 0.4) is 0 Å². The van der Waals surface area contributed by atoms with Crippen molar-refractivity contribution in [1.29, 1.82) is 0 Å². The van der Waals surface area contributed by atoms with E-state index in [0.29, 0.717) is 12.0 Å². The SMILES string of the molecule is C=C(C)C[C@@H](c1cc(C(C)C)ccc1OC)N1CCNCC1.Cl.Cl. The van der Waals surface area contributed by atoms with E-state index < -0.39 is 0 Å². The highest BCUT2D eigenvalue weighted by molar-refractivity contribution is 5.85. The topological polar surface area (TPSA) is 24.5 Å². The highest BCUT2D eigenvalue weighted by atomic mass is 35.5. The lowest BCUT2D eigenvalue weighted by molar-refractivity contribution is 0.169. The summed E-state index contributed by atoms with van der Waals surface area (Å²) < 4.78 is 5.66. The summed E-state index contributed by atoms with van der Waals surface area (Å²) in [5.74, 6) is 1.52. The lowest BCUT2D eigenvalue weighted by Crippen LogP contribution is -2.45. The maximum Gasteiger partial charge on any atom is 0.123 e. The van der Waals surface area contributed by atoms with Crippen molar-refractivity contribution in [2.24, 2.45) is 0 Å². The first-order chi connectivity index (χ1) is 10.5. The number of hydrogen-bond acceptors (Lipinski definition) is 3. The summed E-state index contributed by atoms with van der Waals surface area (Å²) in [4.78, 5) is 2.56. The zero-order valence-corrected chi connectivity index (χ0v) is 16.9. The van der Waals surface area contributed by atoms with Crippen LogP contribution in [0.5, 0.6) is 5.75 Å². The number of methoxy groups -OCH3 is 1. The molecule has 5 heteroatoms. The molecule has 24 heavy (non-hydrogen) atoms. The van der Waals surface area contributed by atoms with Gasteiger partial charge in [-0.1, -0.05) is 31.6 Å². The van der Waals surface area contributed by atoms with Gasteiger partial charge in [0.15, 0.2) is 0 Å². The van der Waals surface area contributed by atoms with Crippen LogP contribution < -0.4 is 10.1 Å². The maximum atomic E-state index is 5.66. The van der Waals surface area contributed by atoms with Crippen LogP contribution in [0.2, 0.25) is 0 Å². The molecule has 1 aromatic rings. The Morgan fingerprint density at radius 1 is 1.25 bits per heavy atom. The van der Waals surface area contributed by atoms with Crippen molar-refractivity contribution in [2.45, 2.75) is 39.2 Å². The second kappa shape index (κ2) is 11.0. The number of ether oxygens (including phenoxy) is 1. The van der Waals surface area contributed by atoms with Crippen molar-refractivity contribution in [3.63, 3.8) is 0 Å². The molecule has 0 radical (unpaired) electrons. The minimum absolute atomic E-state index is 0. The zero-order chi connectivity index (χ0) is 16.1. The highest BCUT2D eigenvalue weighted by Gasteiger charge is 2.25. The Labute approximate surface area is 159 Å². The van der Waals surface area contributed by atoms with E-state index in [1.54, 1.807) is 7.11 Å². The third kappa shape index (κ3) is 5.96. The molecule has 2 rings (SSSR count). The van der Waals surface area contributed by atoms with Crippen molar-refractivity contribution < 1.29 is 4.74 Å². The molecule has 0 amide bonds. The Morgan fingerprint density at radius 3 is 2.38 bits per heavy atom. The molecular weight excluding hydrogens is 343 g/mol. The van der Waals surface area contributed by atoms with Gasteiger partial charge in [-0.15, -0.1) is 31.4 Å². The van der Waals surface area contributed by atoms with Crippen LogP contribution in [0.25, 0.3) is 0 Å². The van der Waals surface area contributed by atoms with Gasteiger partial charge in [-0.2, -0.15) is 0 Å². The quantitative estimate of drug-likeness (QED) is 0.737. The van der Waals surface area contributed by atoms with Gasteiger partial charge in [0, 0.05) is 37.8 Å². The molecule has 0 aromatic heterocycles. The van der Waals surface area contributed by atoms with E-state index in [2.05, 4.69) is 55.8 Å². The van der Waals surface area contributed by atoms with E-state index in [0.717, 1.165) is 38.3 Å². The maximum absolute atomic E-state index is 5.66. The molecule has 0 bridgehead atoms. The van der Waals surface area contributed by atoms with Gasteiger partial charge in [0.1, 0.15) is 5.75 Å². The first-order valence-corrected chi connectivity index (χ1v) is 8.30. The molecule has 1 fully saturated rings. The van der Waals surface area contributed by atoms with Crippen molar-refractivity contribution in [3.05, 3.63) is 41.5 Å². The molecule has 1 heterocycles. The van der Waals surface area contributed by atoms with Crippen LogP contribution in [0.15, 0.2) is 30.4 Å². The van der Waals surface area contributed by atoms with E-state index in [1.165, 1.54) is 16.7 Å². The normalized spacial score (nSPS) is 16.0. The Morgan fingerprint density at radius 2 is 1.88 bits per heavy atom. The first kappa shape index (κ1) is 23.3. The number of rotatable bonds is 6. The van der Waals surface area contributed by atoms with Crippen LogP contribution in [0.1, 0.15) is 50.3 Å². The monoisotopic (exact) mass is 374 g/mol. The molecular formula is C19H32Cl2N2O. The minimum atomic E-state index is 0. The lowest BCUT2D eigenvalue weighted by atomic mass is 9.92. The van der Waals surface area contributed by atoms with Crippen LogP contribution in [0, 0.1) is 0 Å². The van der Waals surface area contributed by atoms with Crippen LogP contribution in [0.4, 0.5) is 0 Å². The average Bonchev–Trinajstić information content (AvgIpc) is 2.52. The second-order valence-corrected chi connectivity index (χ2v) is 6.62. The Balaban J connectivity index is 0.00000264. The van der Waals surface area contributed by atoms with E-state index in [-0.39, 0.29) is 24.8 Å². The highest BCUT2D eigenvalue weighted by Crippen LogP contribution is 2.35. The second-order valence-electron chi connectivity index (χ2n) is 6.62. The fourth-order valence-corrected chi connectivity index (χ4v) is 3.13. The van der Waals surface area contributed by atoms with Crippen molar-refractivity contribution >= 4 is 24.8 Å². The Hall–Kier alpha value is -0.740. The van der Waals surface area contributed by atoms with Crippen molar-refractivity contribution in [3.8, 4) is 5.75 Å². The average molecular weight is 375 g/mol. The molecule has 1 aliphatic heterocycles. The molecule has 1 saturated heterocycles. The molecule has 0 unspecified atom stereocenters. The Kier molecular flexibility index (Phi) is 10.6. The summed E-state index contributed by atoms with van der Waals surface area (Å²) in [5, 5.41) is 3.44. The van der Waals surface area contributed by atoms with Gasteiger partial charge in [-0.25, -0.2) is 0 Å². The van der Waals surface area contributed by atoms with E-state index in [4.69, 9.17) is 4.74 Å². The fourth-order valence-electron chi connectivity index (χ4n) is 3.13. The van der Waals surface area contributed by atoms with Crippen molar-refractivity contribution in [2.75, 3.05) is 33.3 Å². The van der Waals surface area contributed by atoms with Gasteiger partial charge in [-0.05, 0) is 30.9 Å². The summed E-state index contributed by atoms with van der Waals surface area (Å²) in [6.45, 7) is 15.0. The van der Waals surface area contributed by atoms with Gasteiger partial charge in [0.05, 0.1) is 7.11 Å². The summed E-state index contributed by atoms with van der Waals surface area (Å²) in [6.07, 6.45) is 0.984. The van der Waals surface area contributed by atoms with Crippen LogP contribution in [-0.2, 0) is 0 Å². The molecule has 1 N–H and O–H groups in total. The number of hydrogen-bond donors (Lipinski definition) is 1. The largest absolute Gasteiger partial charge is 0.496 e. The summed E-state index contributed by atoms with van der Waals surface area (Å²) in [6, 6.07) is 6.99. The Bertz CT molecular complexity index is 514. The fraction of sp³-hybridized carbons (Fsp3) is 0.579. The van der Waals surface area contributed by atoms with Gasteiger partial charge in [-0.3, -0.25) is 4.90 Å². The molecule has 0 aliphatic carbocycles. The predicted octanol–water partition coefficient (Wildman–Crippen LogP) is 4.57. The molecule has 1 aromatic carbocycles. The van der Waals surface area contributed by atoms with Gasteiger partial charge >= 0.3 is 0 Å². The van der Waals surface area contributed by atoms with E-state index in [1.807, 2.05) is 0 Å². The molecule has 1 aliphatic rings. The number of piperazine rings is 1. The van der Waals surface area contributed by atoms with Crippen LogP contribution in [-0.4, -0.2) is 38.2 Å². The molecule has 3 nitrogen and oxygen atoms in total. The smallest absolute Gasteiger partial charge is 0.123 e. The molecule has 138 valence electrons. The lowest BCUT2D eigenvalue weighted by Gasteiger charge is -2.36. The van der Waals surface area contributed by atoms with Gasteiger partial charge in [0.25, 0.3) is 0 Å². The number of nitrogens with zero attached hydrogens (tertiary/aromatic N) is 1.